The second-order valence-electron chi connectivity index (χ2n) is 5.76. The minimum atomic E-state index is -0.807. The van der Waals surface area contributed by atoms with Crippen LogP contribution in [0.25, 0.3) is 0 Å². The molecule has 0 fully saturated rings. The van der Waals surface area contributed by atoms with E-state index in [1.807, 2.05) is 0 Å². The van der Waals surface area contributed by atoms with Crippen molar-refractivity contribution in [2.75, 3.05) is 26.6 Å². The number of carbonyl (C=O) groups is 1. The fourth-order valence-corrected chi connectivity index (χ4v) is 2.77. The first-order chi connectivity index (χ1) is 13.1. The van der Waals surface area contributed by atoms with Crippen LogP contribution in [0.15, 0.2) is 41.6 Å². The summed E-state index contributed by atoms with van der Waals surface area (Å²) in [6.45, 7) is 0. The lowest BCUT2D eigenvalue weighted by molar-refractivity contribution is -0.125. The Morgan fingerprint density at radius 2 is 1.81 bits per heavy atom. The van der Waals surface area contributed by atoms with E-state index in [-0.39, 0.29) is 18.1 Å². The number of carbonyl (C=O) groups excluding carboxylic acids is 1. The average Bonchev–Trinajstić information content (AvgIpc) is 3.17. The number of anilines is 1. The van der Waals surface area contributed by atoms with Crippen molar-refractivity contribution >= 4 is 17.3 Å². The molecule has 2 aromatic carbocycles. The van der Waals surface area contributed by atoms with Gasteiger partial charge < -0.3 is 29.5 Å². The van der Waals surface area contributed by atoms with Crippen LogP contribution >= 0.6 is 0 Å². The number of para-hydroxylation sites is 1. The zero-order valence-electron chi connectivity index (χ0n) is 15.2. The van der Waals surface area contributed by atoms with Crippen molar-refractivity contribution in [3.63, 3.8) is 0 Å². The van der Waals surface area contributed by atoms with Gasteiger partial charge in [-0.15, -0.1) is 0 Å². The van der Waals surface area contributed by atoms with Crippen LogP contribution in [0.4, 0.5) is 5.69 Å². The van der Waals surface area contributed by atoms with Crippen molar-refractivity contribution < 1.29 is 28.9 Å². The molecular weight excluding hydrogens is 352 g/mol. The highest BCUT2D eigenvalue weighted by Gasteiger charge is 2.30. The van der Waals surface area contributed by atoms with Gasteiger partial charge in [-0.2, -0.15) is 0 Å². The molecule has 1 aliphatic heterocycles. The highest BCUT2D eigenvalue weighted by atomic mass is 16.6. The largest absolute Gasteiger partial charge is 0.507 e. The molecule has 0 bridgehead atoms. The summed E-state index contributed by atoms with van der Waals surface area (Å²) < 4.78 is 15.8. The average molecular weight is 372 g/mol. The lowest BCUT2D eigenvalue weighted by atomic mass is 10.0. The first-order valence-corrected chi connectivity index (χ1v) is 8.19. The van der Waals surface area contributed by atoms with Crippen molar-refractivity contribution in [3.05, 3.63) is 42.0 Å². The van der Waals surface area contributed by atoms with Crippen molar-refractivity contribution in [3.8, 4) is 23.0 Å². The molecule has 0 aromatic heterocycles. The van der Waals surface area contributed by atoms with Gasteiger partial charge in [0.1, 0.15) is 5.75 Å². The lowest BCUT2D eigenvalue weighted by Gasteiger charge is -2.15. The molecule has 8 nitrogen and oxygen atoms in total. The Bertz CT molecular complexity index is 855. The van der Waals surface area contributed by atoms with Crippen molar-refractivity contribution in [2.45, 2.75) is 12.5 Å². The van der Waals surface area contributed by atoms with Crippen LogP contribution in [0.5, 0.6) is 23.0 Å². The SMILES string of the molecule is COc1cc(NC(=O)[C@H]2CC(c3ccccc3O)=NO2)cc(OC)c1OC. The number of phenols is 1. The molecule has 2 N–H and O–H groups in total. The topological polar surface area (TPSA) is 98.6 Å². The molecule has 0 spiro atoms. The van der Waals surface area contributed by atoms with E-state index < -0.39 is 6.10 Å². The number of nitrogens with zero attached hydrogens (tertiary/aromatic N) is 1. The molecule has 8 heteroatoms. The van der Waals surface area contributed by atoms with Crippen LogP contribution in [0, 0.1) is 0 Å². The van der Waals surface area contributed by atoms with E-state index in [2.05, 4.69) is 10.5 Å². The Balaban J connectivity index is 1.73. The molecule has 0 aliphatic carbocycles. The van der Waals surface area contributed by atoms with Gasteiger partial charge in [0.25, 0.3) is 5.91 Å². The summed E-state index contributed by atoms with van der Waals surface area (Å²) in [5, 5.41) is 16.6. The molecule has 1 aliphatic rings. The minimum absolute atomic E-state index is 0.0885. The van der Waals surface area contributed by atoms with Crippen LogP contribution in [0.2, 0.25) is 0 Å². The molecule has 0 unspecified atom stereocenters. The Morgan fingerprint density at radius 3 is 2.41 bits per heavy atom. The van der Waals surface area contributed by atoms with Gasteiger partial charge >= 0.3 is 0 Å². The Morgan fingerprint density at radius 1 is 1.15 bits per heavy atom. The van der Waals surface area contributed by atoms with Crippen LogP contribution in [0.1, 0.15) is 12.0 Å². The summed E-state index contributed by atoms with van der Waals surface area (Å²) in [4.78, 5) is 17.8. The number of nitrogens with one attached hydrogen (secondary N) is 1. The summed E-state index contributed by atoms with van der Waals surface area (Å²) in [5.74, 6) is 0.987. The third kappa shape index (κ3) is 3.74. The summed E-state index contributed by atoms with van der Waals surface area (Å²) in [5.41, 5.74) is 1.52. The van der Waals surface area contributed by atoms with Crippen molar-refractivity contribution in [1.29, 1.82) is 0 Å². The highest BCUT2D eigenvalue weighted by molar-refractivity contribution is 6.07. The maximum Gasteiger partial charge on any atom is 0.268 e. The standard InChI is InChI=1S/C19H20N2O6/c1-24-15-8-11(9-16(25-2)18(15)26-3)20-19(23)17-10-13(21-27-17)12-6-4-5-7-14(12)22/h4-9,17,22H,10H2,1-3H3,(H,20,23)/t17-/m1/s1. The fraction of sp³-hybridized carbons (Fsp3) is 0.263. The van der Waals surface area contributed by atoms with E-state index in [1.165, 1.54) is 21.3 Å². The molecule has 0 saturated carbocycles. The van der Waals surface area contributed by atoms with Crippen LogP contribution in [-0.2, 0) is 9.63 Å². The molecule has 2 aromatic rings. The Kier molecular flexibility index (Phi) is 5.35. The second kappa shape index (κ2) is 7.86. The molecule has 0 radical (unpaired) electrons. The number of hydrogen-bond donors (Lipinski definition) is 2. The van der Waals surface area contributed by atoms with Gasteiger partial charge in [0.05, 0.1) is 27.0 Å². The zero-order valence-corrected chi connectivity index (χ0v) is 15.2. The third-order valence-electron chi connectivity index (χ3n) is 4.11. The monoisotopic (exact) mass is 372 g/mol. The van der Waals surface area contributed by atoms with E-state index in [4.69, 9.17) is 19.0 Å². The van der Waals surface area contributed by atoms with Crippen LogP contribution in [-0.4, -0.2) is 44.2 Å². The van der Waals surface area contributed by atoms with E-state index in [0.717, 1.165) is 0 Å². The normalized spacial score (nSPS) is 15.5. The van der Waals surface area contributed by atoms with E-state index in [9.17, 15) is 9.90 Å². The van der Waals surface area contributed by atoms with Gasteiger partial charge in [-0.05, 0) is 12.1 Å². The molecule has 1 atom stereocenters. The number of rotatable bonds is 6. The predicted octanol–water partition coefficient (Wildman–Crippen LogP) is 2.55. The van der Waals surface area contributed by atoms with Crippen molar-refractivity contribution in [2.24, 2.45) is 5.16 Å². The first kappa shape index (κ1) is 18.4. The van der Waals surface area contributed by atoms with E-state index in [1.54, 1.807) is 36.4 Å². The maximum atomic E-state index is 12.5. The molecule has 1 amide bonds. The van der Waals surface area contributed by atoms with Crippen LogP contribution in [0.3, 0.4) is 0 Å². The Labute approximate surface area is 156 Å². The number of methoxy groups -OCH3 is 3. The number of aromatic hydroxyl groups is 1. The van der Waals surface area contributed by atoms with Gasteiger partial charge in [0.2, 0.25) is 11.9 Å². The van der Waals surface area contributed by atoms with Crippen LogP contribution < -0.4 is 19.5 Å². The van der Waals surface area contributed by atoms with Gasteiger partial charge in [0, 0.05) is 29.8 Å². The number of amides is 1. The van der Waals surface area contributed by atoms with E-state index >= 15 is 0 Å². The zero-order chi connectivity index (χ0) is 19.4. The third-order valence-corrected chi connectivity index (χ3v) is 4.11. The molecule has 27 heavy (non-hydrogen) atoms. The second-order valence-corrected chi connectivity index (χ2v) is 5.76. The molecule has 1 heterocycles. The molecule has 0 saturated heterocycles. The van der Waals surface area contributed by atoms with Gasteiger partial charge in [-0.1, -0.05) is 17.3 Å². The maximum absolute atomic E-state index is 12.5. The number of oxime groups is 1. The van der Waals surface area contributed by atoms with Crippen molar-refractivity contribution in [1.82, 2.24) is 0 Å². The summed E-state index contributed by atoms with van der Waals surface area (Å²) in [6, 6.07) is 10.0. The molecule has 142 valence electrons. The van der Waals surface area contributed by atoms with Gasteiger partial charge in [-0.25, -0.2) is 0 Å². The van der Waals surface area contributed by atoms with E-state index in [0.29, 0.717) is 34.2 Å². The molecular formula is C19H20N2O6. The first-order valence-electron chi connectivity index (χ1n) is 8.19. The number of phenolic OH excluding ortho intramolecular Hbond substituents is 1. The Hall–Kier alpha value is -3.42. The quantitative estimate of drug-likeness (QED) is 0.809. The number of ether oxygens (including phenoxy) is 3. The molecule has 3 rings (SSSR count). The highest BCUT2D eigenvalue weighted by Crippen LogP contribution is 2.40. The smallest absolute Gasteiger partial charge is 0.268 e. The minimum Gasteiger partial charge on any atom is -0.507 e. The summed E-state index contributed by atoms with van der Waals surface area (Å²) in [6.07, 6.45) is -0.563. The lowest BCUT2D eigenvalue weighted by Crippen LogP contribution is -2.28. The predicted molar refractivity (Wildman–Crippen MR) is 98.9 cm³/mol. The summed E-state index contributed by atoms with van der Waals surface area (Å²) >= 11 is 0. The fourth-order valence-electron chi connectivity index (χ4n) is 2.77. The summed E-state index contributed by atoms with van der Waals surface area (Å²) in [7, 11) is 4.49. The number of benzene rings is 2. The van der Waals surface area contributed by atoms with Gasteiger partial charge in [0.15, 0.2) is 11.5 Å². The number of hydrogen-bond acceptors (Lipinski definition) is 7. The van der Waals surface area contributed by atoms with Gasteiger partial charge in [-0.3, -0.25) is 4.79 Å².